The predicted molar refractivity (Wildman–Crippen MR) is 58.0 cm³/mol. The molecule has 2 N–H and O–H groups in total. The van der Waals surface area contributed by atoms with Gasteiger partial charge in [-0.15, -0.1) is 0 Å². The Bertz CT molecular complexity index is 372. The smallest absolute Gasteiger partial charge is 0.341 e. The molecule has 0 aliphatic rings. The van der Waals surface area contributed by atoms with Gasteiger partial charge in [-0.3, -0.25) is 5.41 Å². The Kier molecular flexibility index (Phi) is 4.32. The van der Waals surface area contributed by atoms with Crippen LogP contribution in [0.15, 0.2) is 24.3 Å². The Hall–Kier alpha value is -2.04. The Morgan fingerprint density at radius 2 is 2.00 bits per heavy atom. The summed E-state index contributed by atoms with van der Waals surface area (Å²) < 4.78 is 9.97. The van der Waals surface area contributed by atoms with Crippen LogP contribution in [0.3, 0.4) is 0 Å². The SMILES string of the molecule is CCOC(=N)c1ccc(OCC(=O)O)cc1. The molecule has 0 spiro atoms. The first-order valence-corrected chi connectivity index (χ1v) is 4.80. The van der Waals surface area contributed by atoms with Crippen molar-refractivity contribution in [2.24, 2.45) is 0 Å². The van der Waals surface area contributed by atoms with Gasteiger partial charge in [0.25, 0.3) is 0 Å². The lowest BCUT2D eigenvalue weighted by Gasteiger charge is -2.06. The van der Waals surface area contributed by atoms with Crippen molar-refractivity contribution in [3.8, 4) is 5.75 Å². The van der Waals surface area contributed by atoms with Crippen LogP contribution in [0.25, 0.3) is 0 Å². The van der Waals surface area contributed by atoms with E-state index in [1.807, 2.05) is 0 Å². The van der Waals surface area contributed by atoms with Crippen LogP contribution in [0, 0.1) is 5.41 Å². The van der Waals surface area contributed by atoms with Gasteiger partial charge in [-0.25, -0.2) is 4.79 Å². The maximum atomic E-state index is 10.3. The minimum atomic E-state index is -1.02. The minimum Gasteiger partial charge on any atom is -0.482 e. The van der Waals surface area contributed by atoms with Crippen molar-refractivity contribution in [1.82, 2.24) is 0 Å². The van der Waals surface area contributed by atoms with Crippen LogP contribution >= 0.6 is 0 Å². The number of nitrogens with one attached hydrogen (secondary N) is 1. The van der Waals surface area contributed by atoms with Crippen molar-refractivity contribution >= 4 is 11.9 Å². The second kappa shape index (κ2) is 5.75. The predicted octanol–water partition coefficient (Wildman–Crippen LogP) is 1.51. The molecule has 0 aliphatic heterocycles. The summed E-state index contributed by atoms with van der Waals surface area (Å²) in [6.45, 7) is 1.87. The van der Waals surface area contributed by atoms with Gasteiger partial charge in [-0.05, 0) is 31.2 Å². The van der Waals surface area contributed by atoms with Crippen molar-refractivity contribution in [3.05, 3.63) is 29.8 Å². The van der Waals surface area contributed by atoms with Crippen LogP contribution in [-0.2, 0) is 9.53 Å². The molecule has 1 rings (SSSR count). The van der Waals surface area contributed by atoms with E-state index in [1.54, 1.807) is 31.2 Å². The number of hydrogen-bond donors (Lipinski definition) is 2. The van der Waals surface area contributed by atoms with E-state index in [0.29, 0.717) is 17.9 Å². The highest BCUT2D eigenvalue weighted by molar-refractivity contribution is 5.91. The average Bonchev–Trinajstić information content (AvgIpc) is 2.27. The van der Waals surface area contributed by atoms with Gasteiger partial charge in [-0.1, -0.05) is 0 Å². The largest absolute Gasteiger partial charge is 0.482 e. The molecule has 16 heavy (non-hydrogen) atoms. The second-order valence-electron chi connectivity index (χ2n) is 2.97. The van der Waals surface area contributed by atoms with Gasteiger partial charge in [0.05, 0.1) is 6.61 Å². The first-order valence-electron chi connectivity index (χ1n) is 4.80. The van der Waals surface area contributed by atoms with E-state index in [4.69, 9.17) is 20.0 Å². The molecule has 0 atom stereocenters. The third-order valence-corrected chi connectivity index (χ3v) is 1.77. The normalized spacial score (nSPS) is 9.56. The lowest BCUT2D eigenvalue weighted by atomic mass is 10.2. The van der Waals surface area contributed by atoms with Crippen LogP contribution < -0.4 is 4.74 Å². The average molecular weight is 223 g/mol. The maximum Gasteiger partial charge on any atom is 0.341 e. The summed E-state index contributed by atoms with van der Waals surface area (Å²) in [4.78, 5) is 10.3. The highest BCUT2D eigenvalue weighted by atomic mass is 16.5. The molecule has 0 aromatic heterocycles. The molecule has 0 amide bonds. The molecule has 86 valence electrons. The Morgan fingerprint density at radius 1 is 1.38 bits per heavy atom. The third-order valence-electron chi connectivity index (χ3n) is 1.77. The molecule has 0 radical (unpaired) electrons. The van der Waals surface area contributed by atoms with E-state index in [0.717, 1.165) is 0 Å². The van der Waals surface area contributed by atoms with E-state index in [1.165, 1.54) is 0 Å². The Labute approximate surface area is 93.1 Å². The summed E-state index contributed by atoms with van der Waals surface area (Å²) in [5.74, 6) is -0.478. The Balaban J connectivity index is 2.60. The van der Waals surface area contributed by atoms with E-state index in [2.05, 4.69) is 0 Å². The van der Waals surface area contributed by atoms with E-state index in [9.17, 15) is 4.79 Å². The van der Waals surface area contributed by atoms with E-state index >= 15 is 0 Å². The fourth-order valence-corrected chi connectivity index (χ4v) is 1.08. The van der Waals surface area contributed by atoms with E-state index < -0.39 is 5.97 Å². The molecular weight excluding hydrogens is 210 g/mol. The fourth-order valence-electron chi connectivity index (χ4n) is 1.08. The number of ether oxygens (including phenoxy) is 2. The molecule has 0 saturated heterocycles. The lowest BCUT2D eigenvalue weighted by molar-refractivity contribution is -0.139. The number of aliphatic carboxylic acids is 1. The molecule has 0 bridgehead atoms. The zero-order chi connectivity index (χ0) is 12.0. The highest BCUT2D eigenvalue weighted by Gasteiger charge is 2.03. The maximum absolute atomic E-state index is 10.3. The van der Waals surface area contributed by atoms with Gasteiger partial charge in [-0.2, -0.15) is 0 Å². The summed E-state index contributed by atoms with van der Waals surface area (Å²) in [6, 6.07) is 6.50. The van der Waals surface area contributed by atoms with Crippen LogP contribution in [0.2, 0.25) is 0 Å². The van der Waals surface area contributed by atoms with Crippen molar-refractivity contribution in [2.75, 3.05) is 13.2 Å². The first kappa shape index (κ1) is 12.0. The zero-order valence-electron chi connectivity index (χ0n) is 8.90. The van der Waals surface area contributed by atoms with Crippen LogP contribution in [0.1, 0.15) is 12.5 Å². The van der Waals surface area contributed by atoms with Gasteiger partial charge in [0.1, 0.15) is 5.75 Å². The number of rotatable bonds is 5. The number of carbonyl (C=O) groups is 1. The number of hydrogen-bond acceptors (Lipinski definition) is 4. The van der Waals surface area contributed by atoms with Gasteiger partial charge in [0, 0.05) is 5.56 Å². The molecule has 1 aromatic carbocycles. The molecule has 0 fully saturated rings. The Morgan fingerprint density at radius 3 is 2.50 bits per heavy atom. The fraction of sp³-hybridized carbons (Fsp3) is 0.273. The zero-order valence-corrected chi connectivity index (χ0v) is 8.90. The summed E-state index contributed by atoms with van der Waals surface area (Å²) in [7, 11) is 0. The van der Waals surface area contributed by atoms with Gasteiger partial charge in [0.15, 0.2) is 6.61 Å². The lowest BCUT2D eigenvalue weighted by Crippen LogP contribution is -2.09. The molecular formula is C11H13NO4. The van der Waals surface area contributed by atoms with Crippen LogP contribution in [0.5, 0.6) is 5.75 Å². The topological polar surface area (TPSA) is 79.6 Å². The molecule has 1 aromatic rings. The van der Waals surface area contributed by atoms with Gasteiger partial charge in [0.2, 0.25) is 5.90 Å². The molecule has 5 heteroatoms. The number of carboxylic acids is 1. The van der Waals surface area contributed by atoms with Gasteiger partial charge < -0.3 is 14.6 Å². The quantitative estimate of drug-likeness (QED) is 0.585. The van der Waals surface area contributed by atoms with Crippen molar-refractivity contribution in [1.29, 1.82) is 5.41 Å². The summed E-state index contributed by atoms with van der Waals surface area (Å²) in [5.41, 5.74) is 0.629. The molecule has 0 heterocycles. The molecule has 0 unspecified atom stereocenters. The first-order chi connectivity index (χ1) is 7.63. The summed E-state index contributed by atoms with van der Waals surface area (Å²) in [5, 5.41) is 15.9. The molecule has 0 aliphatic carbocycles. The van der Waals surface area contributed by atoms with Crippen molar-refractivity contribution in [3.63, 3.8) is 0 Å². The summed E-state index contributed by atoms with van der Waals surface area (Å²) >= 11 is 0. The van der Waals surface area contributed by atoms with Crippen molar-refractivity contribution in [2.45, 2.75) is 6.92 Å². The second-order valence-corrected chi connectivity index (χ2v) is 2.97. The standard InChI is InChI=1S/C11H13NO4/c1-2-15-11(12)8-3-5-9(6-4-8)16-7-10(13)14/h3-6,12H,2,7H2,1H3,(H,13,14). The third kappa shape index (κ3) is 3.61. The minimum absolute atomic E-state index is 0.0901. The van der Waals surface area contributed by atoms with Gasteiger partial charge >= 0.3 is 5.97 Å². The van der Waals surface area contributed by atoms with Crippen LogP contribution in [0.4, 0.5) is 0 Å². The van der Waals surface area contributed by atoms with E-state index in [-0.39, 0.29) is 12.5 Å². The molecule has 5 nitrogen and oxygen atoms in total. The number of carboxylic acid groups (broad SMARTS) is 1. The van der Waals surface area contributed by atoms with Crippen molar-refractivity contribution < 1.29 is 19.4 Å². The summed E-state index contributed by atoms with van der Waals surface area (Å²) in [6.07, 6.45) is 0. The highest BCUT2D eigenvalue weighted by Crippen LogP contribution is 2.12. The molecule has 0 saturated carbocycles. The van der Waals surface area contributed by atoms with Crippen LogP contribution in [-0.4, -0.2) is 30.2 Å². The monoisotopic (exact) mass is 223 g/mol. The number of benzene rings is 1.